The Kier molecular flexibility index (Phi) is 2.41. The molecule has 1 aliphatic rings. The predicted molar refractivity (Wildman–Crippen MR) is 50.0 cm³/mol. The molecular formula is C11H12O2. The van der Waals surface area contributed by atoms with Gasteiger partial charge in [0.15, 0.2) is 0 Å². The zero-order chi connectivity index (χ0) is 9.10. The van der Waals surface area contributed by atoms with Crippen molar-refractivity contribution in [2.45, 2.75) is 12.3 Å². The number of carbonyl (C=O) groups is 1. The van der Waals surface area contributed by atoms with Crippen LogP contribution in [0.2, 0.25) is 0 Å². The molecule has 1 aliphatic heterocycles. The lowest BCUT2D eigenvalue weighted by molar-refractivity contribution is 0.112. The van der Waals surface area contributed by atoms with Crippen molar-refractivity contribution < 1.29 is 9.53 Å². The Morgan fingerprint density at radius 1 is 1.38 bits per heavy atom. The zero-order valence-corrected chi connectivity index (χ0v) is 7.40. The molecule has 0 spiro atoms. The Labute approximate surface area is 77.5 Å². The lowest BCUT2D eigenvalue weighted by Crippen LogP contribution is -2.01. The van der Waals surface area contributed by atoms with Gasteiger partial charge < -0.3 is 4.74 Å². The molecule has 1 aromatic rings. The molecule has 0 aromatic heterocycles. The van der Waals surface area contributed by atoms with Crippen LogP contribution in [0.25, 0.3) is 0 Å². The number of hydrogen-bond acceptors (Lipinski definition) is 2. The third-order valence-corrected chi connectivity index (χ3v) is 2.49. The highest BCUT2D eigenvalue weighted by molar-refractivity contribution is 5.77. The SMILES string of the molecule is O=Cc1ccccc1C1CCOC1. The Bertz CT molecular complexity index is 301. The second-order valence-electron chi connectivity index (χ2n) is 3.31. The molecular weight excluding hydrogens is 164 g/mol. The van der Waals surface area contributed by atoms with Gasteiger partial charge in [-0.25, -0.2) is 0 Å². The van der Waals surface area contributed by atoms with Crippen molar-refractivity contribution in [3.8, 4) is 0 Å². The molecule has 1 heterocycles. The number of carbonyl (C=O) groups excluding carboxylic acids is 1. The third kappa shape index (κ3) is 1.63. The summed E-state index contributed by atoms with van der Waals surface area (Å²) in [6.45, 7) is 1.57. The monoisotopic (exact) mass is 176 g/mol. The van der Waals surface area contributed by atoms with Crippen LogP contribution in [0, 0.1) is 0 Å². The summed E-state index contributed by atoms with van der Waals surface area (Å²) in [6.07, 6.45) is 1.96. The number of rotatable bonds is 2. The van der Waals surface area contributed by atoms with Gasteiger partial charge in [0.1, 0.15) is 6.29 Å². The predicted octanol–water partition coefficient (Wildman–Crippen LogP) is 2.00. The zero-order valence-electron chi connectivity index (χ0n) is 7.40. The average molecular weight is 176 g/mol. The van der Waals surface area contributed by atoms with Crippen LogP contribution in [0.4, 0.5) is 0 Å². The largest absolute Gasteiger partial charge is 0.381 e. The van der Waals surface area contributed by atoms with E-state index in [0.717, 1.165) is 37.0 Å². The molecule has 0 aliphatic carbocycles. The van der Waals surface area contributed by atoms with Gasteiger partial charge in [-0.1, -0.05) is 24.3 Å². The molecule has 0 amide bonds. The number of benzene rings is 1. The smallest absolute Gasteiger partial charge is 0.150 e. The fourth-order valence-corrected chi connectivity index (χ4v) is 1.77. The minimum Gasteiger partial charge on any atom is -0.381 e. The topological polar surface area (TPSA) is 26.3 Å². The molecule has 1 fully saturated rings. The molecule has 13 heavy (non-hydrogen) atoms. The highest BCUT2D eigenvalue weighted by Crippen LogP contribution is 2.26. The first-order valence-electron chi connectivity index (χ1n) is 4.53. The van der Waals surface area contributed by atoms with E-state index >= 15 is 0 Å². The summed E-state index contributed by atoms with van der Waals surface area (Å²) in [5, 5.41) is 0. The molecule has 2 nitrogen and oxygen atoms in total. The van der Waals surface area contributed by atoms with Crippen molar-refractivity contribution in [2.24, 2.45) is 0 Å². The highest BCUT2D eigenvalue weighted by Gasteiger charge is 2.19. The van der Waals surface area contributed by atoms with E-state index in [1.807, 2.05) is 24.3 Å². The second-order valence-corrected chi connectivity index (χ2v) is 3.31. The van der Waals surface area contributed by atoms with E-state index in [0.29, 0.717) is 5.92 Å². The maximum Gasteiger partial charge on any atom is 0.150 e. The first-order valence-corrected chi connectivity index (χ1v) is 4.53. The van der Waals surface area contributed by atoms with Crippen LogP contribution in [0.1, 0.15) is 28.3 Å². The van der Waals surface area contributed by atoms with Gasteiger partial charge in [0.05, 0.1) is 6.61 Å². The van der Waals surface area contributed by atoms with E-state index < -0.39 is 0 Å². The Hall–Kier alpha value is -1.15. The quantitative estimate of drug-likeness (QED) is 0.644. The van der Waals surface area contributed by atoms with Gasteiger partial charge in [-0.05, 0) is 12.0 Å². The summed E-state index contributed by atoms with van der Waals surface area (Å²) < 4.78 is 5.30. The van der Waals surface area contributed by atoms with E-state index in [1.165, 1.54) is 0 Å². The van der Waals surface area contributed by atoms with Gasteiger partial charge in [-0.15, -0.1) is 0 Å². The van der Waals surface area contributed by atoms with Crippen molar-refractivity contribution in [1.29, 1.82) is 0 Å². The van der Waals surface area contributed by atoms with E-state index in [-0.39, 0.29) is 0 Å². The van der Waals surface area contributed by atoms with Crippen molar-refractivity contribution in [1.82, 2.24) is 0 Å². The van der Waals surface area contributed by atoms with Crippen LogP contribution >= 0.6 is 0 Å². The number of aldehydes is 1. The summed E-state index contributed by atoms with van der Waals surface area (Å²) in [4.78, 5) is 10.7. The standard InChI is InChI=1S/C11H12O2/c12-7-9-3-1-2-4-11(9)10-5-6-13-8-10/h1-4,7,10H,5-6,8H2. The van der Waals surface area contributed by atoms with Crippen LogP contribution in [0.5, 0.6) is 0 Å². The minimum absolute atomic E-state index is 0.418. The maximum absolute atomic E-state index is 10.7. The normalized spacial score (nSPS) is 21.7. The Morgan fingerprint density at radius 2 is 2.23 bits per heavy atom. The third-order valence-electron chi connectivity index (χ3n) is 2.49. The van der Waals surface area contributed by atoms with Gasteiger partial charge in [0.25, 0.3) is 0 Å². The summed E-state index contributed by atoms with van der Waals surface area (Å²) in [5.74, 6) is 0.418. The van der Waals surface area contributed by atoms with Crippen molar-refractivity contribution in [3.05, 3.63) is 35.4 Å². The molecule has 2 rings (SSSR count). The van der Waals surface area contributed by atoms with Crippen LogP contribution in [0.3, 0.4) is 0 Å². The molecule has 2 heteroatoms. The van der Waals surface area contributed by atoms with Crippen molar-refractivity contribution in [3.63, 3.8) is 0 Å². The van der Waals surface area contributed by atoms with Crippen molar-refractivity contribution >= 4 is 6.29 Å². The lowest BCUT2D eigenvalue weighted by Gasteiger charge is -2.09. The molecule has 1 saturated heterocycles. The highest BCUT2D eigenvalue weighted by atomic mass is 16.5. The van der Waals surface area contributed by atoms with Crippen molar-refractivity contribution in [2.75, 3.05) is 13.2 Å². The summed E-state index contributed by atoms with van der Waals surface area (Å²) in [7, 11) is 0. The van der Waals surface area contributed by atoms with Crippen LogP contribution < -0.4 is 0 Å². The summed E-state index contributed by atoms with van der Waals surface area (Å²) >= 11 is 0. The van der Waals surface area contributed by atoms with Gasteiger partial charge in [0.2, 0.25) is 0 Å². The first-order chi connectivity index (χ1) is 6.42. The van der Waals surface area contributed by atoms with Crippen LogP contribution in [0.15, 0.2) is 24.3 Å². The molecule has 0 saturated carbocycles. The molecule has 0 bridgehead atoms. The molecule has 1 atom stereocenters. The Morgan fingerprint density at radius 3 is 2.92 bits per heavy atom. The number of ether oxygens (including phenoxy) is 1. The maximum atomic E-state index is 10.7. The van der Waals surface area contributed by atoms with Gasteiger partial charge in [0, 0.05) is 18.1 Å². The minimum atomic E-state index is 0.418. The Balaban J connectivity index is 2.31. The first kappa shape index (κ1) is 8.45. The van der Waals surface area contributed by atoms with E-state index in [1.54, 1.807) is 0 Å². The lowest BCUT2D eigenvalue weighted by atomic mass is 9.94. The van der Waals surface area contributed by atoms with Gasteiger partial charge >= 0.3 is 0 Å². The fraction of sp³-hybridized carbons (Fsp3) is 0.364. The van der Waals surface area contributed by atoms with Crippen LogP contribution in [-0.4, -0.2) is 19.5 Å². The second kappa shape index (κ2) is 3.71. The molecule has 0 N–H and O–H groups in total. The van der Waals surface area contributed by atoms with Crippen LogP contribution in [-0.2, 0) is 4.74 Å². The van der Waals surface area contributed by atoms with Gasteiger partial charge in [-0.3, -0.25) is 4.79 Å². The van der Waals surface area contributed by atoms with Gasteiger partial charge in [-0.2, -0.15) is 0 Å². The fourth-order valence-electron chi connectivity index (χ4n) is 1.77. The summed E-state index contributed by atoms with van der Waals surface area (Å²) in [6, 6.07) is 7.74. The van der Waals surface area contributed by atoms with E-state index in [4.69, 9.17) is 4.74 Å². The molecule has 0 radical (unpaired) electrons. The molecule has 1 aromatic carbocycles. The average Bonchev–Trinajstić information content (AvgIpc) is 2.70. The molecule has 1 unspecified atom stereocenters. The van der Waals surface area contributed by atoms with E-state index in [9.17, 15) is 4.79 Å². The number of hydrogen-bond donors (Lipinski definition) is 0. The molecule has 68 valence electrons. The van der Waals surface area contributed by atoms with E-state index in [2.05, 4.69) is 0 Å². The summed E-state index contributed by atoms with van der Waals surface area (Å²) in [5.41, 5.74) is 1.94.